The quantitative estimate of drug-likeness (QED) is 0.912. The Bertz CT molecular complexity index is 512. The third-order valence-electron chi connectivity index (χ3n) is 4.77. The Morgan fingerprint density at radius 2 is 1.90 bits per heavy atom. The van der Waals surface area contributed by atoms with Gasteiger partial charge in [-0.2, -0.15) is 0 Å². The fourth-order valence-electron chi connectivity index (χ4n) is 3.30. The van der Waals surface area contributed by atoms with Crippen LogP contribution >= 0.6 is 0 Å². The lowest BCUT2D eigenvalue weighted by Gasteiger charge is -2.36. The molecule has 0 atom stereocenters. The number of carbonyl (C=O) groups is 1. The van der Waals surface area contributed by atoms with E-state index < -0.39 is 5.97 Å². The molecule has 1 aromatic heterocycles. The average molecular weight is 290 g/mol. The summed E-state index contributed by atoms with van der Waals surface area (Å²) in [5.41, 5.74) is 1.27. The van der Waals surface area contributed by atoms with Gasteiger partial charge >= 0.3 is 5.97 Å². The van der Waals surface area contributed by atoms with Crippen LogP contribution in [0.2, 0.25) is 0 Å². The van der Waals surface area contributed by atoms with Gasteiger partial charge in [-0.1, -0.05) is 27.7 Å². The van der Waals surface area contributed by atoms with Crippen molar-refractivity contribution < 1.29 is 9.90 Å². The van der Waals surface area contributed by atoms with Gasteiger partial charge < -0.3 is 5.11 Å². The fourth-order valence-corrected chi connectivity index (χ4v) is 3.30. The van der Waals surface area contributed by atoms with E-state index in [2.05, 4.69) is 30.7 Å². The van der Waals surface area contributed by atoms with Crippen LogP contribution in [0.3, 0.4) is 0 Å². The maximum atomic E-state index is 11.1. The molecule has 0 aromatic carbocycles. The van der Waals surface area contributed by atoms with Crippen LogP contribution in [0, 0.1) is 11.3 Å². The van der Waals surface area contributed by atoms with Crippen LogP contribution in [-0.4, -0.2) is 21.0 Å². The molecule has 2 rings (SSSR count). The molecule has 1 fully saturated rings. The number of aryl methyl sites for hydroxylation is 1. The van der Waals surface area contributed by atoms with Gasteiger partial charge in [0.1, 0.15) is 5.82 Å². The highest BCUT2D eigenvalue weighted by Crippen LogP contribution is 2.42. The molecule has 0 unspecified atom stereocenters. The first-order valence-corrected chi connectivity index (χ1v) is 7.92. The third kappa shape index (κ3) is 3.60. The highest BCUT2D eigenvalue weighted by atomic mass is 16.4. The molecular weight excluding hydrogens is 264 g/mol. The molecule has 4 nitrogen and oxygen atoms in total. The zero-order chi connectivity index (χ0) is 15.6. The van der Waals surface area contributed by atoms with Gasteiger partial charge in [-0.25, -0.2) is 14.8 Å². The summed E-state index contributed by atoms with van der Waals surface area (Å²) in [5, 5.41) is 9.14. The summed E-state index contributed by atoms with van der Waals surface area (Å²) < 4.78 is 0. The largest absolute Gasteiger partial charge is 0.478 e. The average Bonchev–Trinajstić information content (AvgIpc) is 2.45. The molecule has 0 amide bonds. The number of aromatic nitrogens is 2. The van der Waals surface area contributed by atoms with E-state index in [0.717, 1.165) is 24.6 Å². The Balaban J connectivity index is 2.12. The number of nitrogens with zero attached hydrogens (tertiary/aromatic N) is 2. The smallest absolute Gasteiger partial charge is 0.339 e. The number of carboxylic acids is 1. The molecule has 0 radical (unpaired) electrons. The van der Waals surface area contributed by atoms with Gasteiger partial charge in [0.05, 0.1) is 11.3 Å². The molecule has 1 heterocycles. The molecule has 0 bridgehead atoms. The first kappa shape index (κ1) is 15.9. The minimum Gasteiger partial charge on any atom is -0.478 e. The second kappa shape index (κ2) is 6.12. The van der Waals surface area contributed by atoms with Crippen LogP contribution in [0.1, 0.15) is 81.2 Å². The standard InChI is InChI=1S/C17H26N2O2/c1-5-14-13(16(20)21)10-18-15(19-14)11-6-8-12(9-7-11)17(2,3)4/h10-12H,5-9H2,1-4H3,(H,20,21). The van der Waals surface area contributed by atoms with E-state index in [9.17, 15) is 4.79 Å². The molecule has 4 heteroatoms. The van der Waals surface area contributed by atoms with E-state index in [1.165, 1.54) is 19.0 Å². The van der Waals surface area contributed by atoms with Gasteiger partial charge in [-0.15, -0.1) is 0 Å². The molecule has 1 aromatic rings. The number of hydrogen-bond acceptors (Lipinski definition) is 3. The lowest BCUT2D eigenvalue weighted by Crippen LogP contribution is -2.26. The van der Waals surface area contributed by atoms with Crippen molar-refractivity contribution in [3.63, 3.8) is 0 Å². The van der Waals surface area contributed by atoms with Crippen molar-refractivity contribution in [2.75, 3.05) is 0 Å². The van der Waals surface area contributed by atoms with Crippen LogP contribution < -0.4 is 0 Å². The zero-order valence-electron chi connectivity index (χ0n) is 13.5. The Kier molecular flexibility index (Phi) is 4.64. The van der Waals surface area contributed by atoms with Crippen molar-refractivity contribution in [2.45, 2.75) is 65.7 Å². The minimum absolute atomic E-state index is 0.240. The van der Waals surface area contributed by atoms with E-state index in [-0.39, 0.29) is 5.56 Å². The van der Waals surface area contributed by atoms with Crippen molar-refractivity contribution in [1.82, 2.24) is 9.97 Å². The Hall–Kier alpha value is -1.45. The second-order valence-corrected chi connectivity index (χ2v) is 7.16. The van der Waals surface area contributed by atoms with Gasteiger partial charge in [0, 0.05) is 12.1 Å². The van der Waals surface area contributed by atoms with Crippen LogP contribution in [0.4, 0.5) is 0 Å². The van der Waals surface area contributed by atoms with Crippen LogP contribution in [0.5, 0.6) is 0 Å². The second-order valence-electron chi connectivity index (χ2n) is 7.16. The van der Waals surface area contributed by atoms with Crippen molar-refractivity contribution in [1.29, 1.82) is 0 Å². The van der Waals surface area contributed by atoms with Gasteiger partial charge in [0.15, 0.2) is 0 Å². The maximum absolute atomic E-state index is 11.1. The summed E-state index contributed by atoms with van der Waals surface area (Å²) in [4.78, 5) is 20.0. The summed E-state index contributed by atoms with van der Waals surface area (Å²) >= 11 is 0. The first-order chi connectivity index (χ1) is 9.82. The molecule has 0 spiro atoms. The zero-order valence-corrected chi connectivity index (χ0v) is 13.5. The predicted octanol–water partition coefficient (Wildman–Crippen LogP) is 4.06. The summed E-state index contributed by atoms with van der Waals surface area (Å²) in [6.07, 6.45) is 6.75. The number of aromatic carboxylic acids is 1. The molecular formula is C17H26N2O2. The van der Waals surface area contributed by atoms with Gasteiger partial charge in [-0.3, -0.25) is 0 Å². The Labute approximate surface area is 127 Å². The normalized spacial score (nSPS) is 23.0. The fraction of sp³-hybridized carbons (Fsp3) is 0.706. The molecule has 116 valence electrons. The van der Waals surface area contributed by atoms with Crippen LogP contribution in [0.25, 0.3) is 0 Å². The third-order valence-corrected chi connectivity index (χ3v) is 4.77. The summed E-state index contributed by atoms with van der Waals surface area (Å²) in [6, 6.07) is 0. The SMILES string of the molecule is CCc1nc(C2CCC(C(C)(C)C)CC2)ncc1C(=O)O. The highest BCUT2D eigenvalue weighted by Gasteiger charge is 2.31. The number of hydrogen-bond donors (Lipinski definition) is 1. The molecule has 1 aliphatic carbocycles. The van der Waals surface area contributed by atoms with Crippen LogP contribution in [0.15, 0.2) is 6.20 Å². The van der Waals surface area contributed by atoms with Gasteiger partial charge in [0.25, 0.3) is 0 Å². The molecule has 0 saturated heterocycles. The Morgan fingerprint density at radius 1 is 1.29 bits per heavy atom. The molecule has 21 heavy (non-hydrogen) atoms. The predicted molar refractivity (Wildman–Crippen MR) is 82.5 cm³/mol. The molecule has 1 saturated carbocycles. The van der Waals surface area contributed by atoms with Crippen molar-refractivity contribution in [3.8, 4) is 0 Å². The van der Waals surface area contributed by atoms with Gasteiger partial charge in [-0.05, 0) is 43.4 Å². The first-order valence-electron chi connectivity index (χ1n) is 7.92. The lowest BCUT2D eigenvalue weighted by molar-refractivity contribution is 0.0694. The van der Waals surface area contributed by atoms with E-state index in [1.807, 2.05) is 6.92 Å². The van der Waals surface area contributed by atoms with Crippen LogP contribution in [-0.2, 0) is 6.42 Å². The van der Waals surface area contributed by atoms with E-state index in [4.69, 9.17) is 5.11 Å². The lowest BCUT2D eigenvalue weighted by atomic mass is 9.69. The number of rotatable bonds is 3. The number of carboxylic acid groups (broad SMARTS) is 1. The maximum Gasteiger partial charge on any atom is 0.339 e. The highest BCUT2D eigenvalue weighted by molar-refractivity contribution is 5.88. The Morgan fingerprint density at radius 3 is 2.38 bits per heavy atom. The summed E-state index contributed by atoms with van der Waals surface area (Å²) in [6.45, 7) is 8.87. The summed E-state index contributed by atoms with van der Waals surface area (Å²) in [5.74, 6) is 1.05. The topological polar surface area (TPSA) is 63.1 Å². The van der Waals surface area contributed by atoms with E-state index in [0.29, 0.717) is 23.4 Å². The monoisotopic (exact) mass is 290 g/mol. The summed E-state index contributed by atoms with van der Waals surface area (Å²) in [7, 11) is 0. The van der Waals surface area contributed by atoms with Crippen molar-refractivity contribution in [3.05, 3.63) is 23.3 Å². The molecule has 0 aliphatic heterocycles. The molecule has 1 aliphatic rings. The van der Waals surface area contributed by atoms with Crippen molar-refractivity contribution >= 4 is 5.97 Å². The van der Waals surface area contributed by atoms with E-state index in [1.54, 1.807) is 0 Å². The minimum atomic E-state index is -0.935. The van der Waals surface area contributed by atoms with Gasteiger partial charge in [0.2, 0.25) is 0 Å². The van der Waals surface area contributed by atoms with E-state index >= 15 is 0 Å². The van der Waals surface area contributed by atoms with Crippen molar-refractivity contribution in [2.24, 2.45) is 11.3 Å². The molecule has 1 N–H and O–H groups in total.